The normalized spacial score (nSPS) is 24.3. The van der Waals surface area contributed by atoms with Gasteiger partial charge in [0.15, 0.2) is 0 Å². The Labute approximate surface area is 138 Å². The van der Waals surface area contributed by atoms with Gasteiger partial charge < -0.3 is 10.2 Å². The van der Waals surface area contributed by atoms with Crippen molar-refractivity contribution in [1.29, 1.82) is 0 Å². The molecule has 3 rings (SSSR count). The topological polar surface area (TPSA) is 45.2 Å². The van der Waals surface area contributed by atoms with Gasteiger partial charge in [-0.3, -0.25) is 9.78 Å². The number of amides is 1. The van der Waals surface area contributed by atoms with E-state index < -0.39 is 0 Å². The van der Waals surface area contributed by atoms with E-state index in [4.69, 9.17) is 0 Å². The number of pyridine rings is 1. The Bertz CT molecular complexity index is 470. The zero-order valence-corrected chi connectivity index (χ0v) is 13.9. The number of halogens is 2. The van der Waals surface area contributed by atoms with E-state index >= 15 is 0 Å². The molecule has 2 fully saturated rings. The van der Waals surface area contributed by atoms with Crippen molar-refractivity contribution in [2.24, 2.45) is 11.8 Å². The van der Waals surface area contributed by atoms with Gasteiger partial charge in [0.1, 0.15) is 0 Å². The molecule has 2 atom stereocenters. The van der Waals surface area contributed by atoms with Gasteiger partial charge in [-0.1, -0.05) is 0 Å². The van der Waals surface area contributed by atoms with Gasteiger partial charge in [-0.15, -0.1) is 24.8 Å². The fourth-order valence-corrected chi connectivity index (χ4v) is 3.28. The third-order valence-electron chi connectivity index (χ3n) is 4.58. The van der Waals surface area contributed by atoms with Crippen LogP contribution >= 0.6 is 24.8 Å². The minimum Gasteiger partial charge on any atom is -0.339 e. The molecule has 21 heavy (non-hydrogen) atoms. The van der Waals surface area contributed by atoms with Crippen LogP contribution in [0.5, 0.6) is 0 Å². The van der Waals surface area contributed by atoms with Crippen molar-refractivity contribution < 1.29 is 4.79 Å². The summed E-state index contributed by atoms with van der Waals surface area (Å²) in [5.74, 6) is 1.67. The number of carbonyl (C=O) groups excluding carboxylic acids is 1. The van der Waals surface area contributed by atoms with Crippen molar-refractivity contribution in [2.75, 3.05) is 26.2 Å². The first-order valence-electron chi connectivity index (χ1n) is 7.16. The molecule has 0 radical (unpaired) electrons. The molecule has 0 bridgehead atoms. The highest BCUT2D eigenvalue weighted by molar-refractivity contribution is 5.95. The Morgan fingerprint density at radius 1 is 1.24 bits per heavy atom. The predicted octanol–water partition coefficient (Wildman–Crippen LogP) is 2.31. The fraction of sp³-hybridized carbons (Fsp3) is 0.600. The quantitative estimate of drug-likeness (QED) is 0.858. The zero-order valence-electron chi connectivity index (χ0n) is 12.2. The second-order valence-electron chi connectivity index (χ2n) is 5.74. The van der Waals surface area contributed by atoms with E-state index in [1.165, 1.54) is 0 Å². The van der Waals surface area contributed by atoms with Crippen LogP contribution in [0.15, 0.2) is 18.5 Å². The van der Waals surface area contributed by atoms with E-state index in [1.54, 1.807) is 12.4 Å². The van der Waals surface area contributed by atoms with Gasteiger partial charge in [0.2, 0.25) is 0 Å². The number of hydrogen-bond acceptors (Lipinski definition) is 3. The number of rotatable bonds is 1. The molecule has 0 aliphatic carbocycles. The van der Waals surface area contributed by atoms with Crippen LogP contribution in [0.3, 0.4) is 0 Å². The van der Waals surface area contributed by atoms with Gasteiger partial charge >= 0.3 is 0 Å². The second-order valence-corrected chi connectivity index (χ2v) is 5.74. The summed E-state index contributed by atoms with van der Waals surface area (Å²) in [4.78, 5) is 18.7. The predicted molar refractivity (Wildman–Crippen MR) is 88.5 cm³/mol. The van der Waals surface area contributed by atoms with Gasteiger partial charge in [0.25, 0.3) is 5.91 Å². The van der Waals surface area contributed by atoms with Gasteiger partial charge in [-0.25, -0.2) is 0 Å². The van der Waals surface area contributed by atoms with Crippen molar-refractivity contribution in [1.82, 2.24) is 15.2 Å². The SMILES string of the molecule is Cc1ccncc1C(=O)N1CC[C@@H]2CNC[C@@H]2CC1.Cl.Cl. The summed E-state index contributed by atoms with van der Waals surface area (Å²) in [7, 11) is 0. The van der Waals surface area contributed by atoms with Gasteiger partial charge in [-0.2, -0.15) is 0 Å². The smallest absolute Gasteiger partial charge is 0.255 e. The summed E-state index contributed by atoms with van der Waals surface area (Å²) in [6.07, 6.45) is 5.70. The highest BCUT2D eigenvalue weighted by atomic mass is 35.5. The average Bonchev–Trinajstić information content (AvgIpc) is 2.78. The number of nitrogens with one attached hydrogen (secondary N) is 1. The van der Waals surface area contributed by atoms with Gasteiger partial charge in [-0.05, 0) is 56.3 Å². The second kappa shape index (κ2) is 7.97. The fourth-order valence-electron chi connectivity index (χ4n) is 3.28. The summed E-state index contributed by atoms with van der Waals surface area (Å²) in [5.41, 5.74) is 1.78. The van der Waals surface area contributed by atoms with Crippen molar-refractivity contribution in [3.05, 3.63) is 29.6 Å². The van der Waals surface area contributed by atoms with Gasteiger partial charge in [0, 0.05) is 25.5 Å². The van der Waals surface area contributed by atoms with E-state index in [9.17, 15) is 4.79 Å². The lowest BCUT2D eigenvalue weighted by molar-refractivity contribution is 0.0757. The number of carbonyl (C=O) groups is 1. The summed E-state index contributed by atoms with van der Waals surface area (Å²) < 4.78 is 0. The molecule has 1 amide bonds. The molecule has 0 saturated carbocycles. The highest BCUT2D eigenvalue weighted by Crippen LogP contribution is 2.27. The number of fused-ring (bicyclic) bond motifs is 1. The molecule has 1 aromatic rings. The first-order valence-corrected chi connectivity index (χ1v) is 7.16. The van der Waals surface area contributed by atoms with Crippen molar-refractivity contribution in [3.63, 3.8) is 0 Å². The minimum atomic E-state index is 0. The van der Waals surface area contributed by atoms with Crippen LogP contribution in [-0.2, 0) is 0 Å². The molecule has 3 heterocycles. The van der Waals surface area contributed by atoms with Crippen LogP contribution in [0, 0.1) is 18.8 Å². The molecule has 6 heteroatoms. The van der Waals surface area contributed by atoms with E-state index in [0.717, 1.165) is 62.0 Å². The Kier molecular flexibility index (Phi) is 6.91. The molecule has 2 saturated heterocycles. The number of likely N-dealkylation sites (tertiary alicyclic amines) is 1. The summed E-state index contributed by atoms with van der Waals surface area (Å²) in [6, 6.07) is 1.91. The monoisotopic (exact) mass is 331 g/mol. The summed E-state index contributed by atoms with van der Waals surface area (Å²) in [5, 5.41) is 3.46. The van der Waals surface area contributed by atoms with Crippen LogP contribution < -0.4 is 5.32 Å². The number of aromatic nitrogens is 1. The average molecular weight is 332 g/mol. The lowest BCUT2D eigenvalue weighted by atomic mass is 9.92. The molecule has 2 aliphatic rings. The minimum absolute atomic E-state index is 0. The maximum absolute atomic E-state index is 12.6. The van der Waals surface area contributed by atoms with Crippen molar-refractivity contribution >= 4 is 30.7 Å². The lowest BCUT2D eigenvalue weighted by Gasteiger charge is -2.21. The Morgan fingerprint density at radius 2 is 1.86 bits per heavy atom. The molecular formula is C15H23Cl2N3O. The Morgan fingerprint density at radius 3 is 2.43 bits per heavy atom. The lowest BCUT2D eigenvalue weighted by Crippen LogP contribution is -2.33. The third kappa shape index (κ3) is 3.87. The van der Waals surface area contributed by atoms with E-state index in [0.29, 0.717) is 0 Å². The summed E-state index contributed by atoms with van der Waals surface area (Å²) >= 11 is 0. The number of aryl methyl sites for hydroxylation is 1. The van der Waals surface area contributed by atoms with Crippen LogP contribution in [0.1, 0.15) is 28.8 Å². The molecule has 118 valence electrons. The molecule has 0 spiro atoms. The molecule has 1 N–H and O–H groups in total. The molecule has 4 nitrogen and oxygen atoms in total. The van der Waals surface area contributed by atoms with Crippen LogP contribution in [0.4, 0.5) is 0 Å². The first kappa shape index (κ1) is 18.2. The molecular weight excluding hydrogens is 309 g/mol. The van der Waals surface area contributed by atoms with Crippen molar-refractivity contribution in [3.8, 4) is 0 Å². The van der Waals surface area contributed by atoms with Crippen LogP contribution in [-0.4, -0.2) is 42.0 Å². The molecule has 1 aromatic heterocycles. The zero-order chi connectivity index (χ0) is 13.2. The standard InChI is InChI=1S/C15H21N3O.2ClH/c1-11-2-5-16-10-14(11)15(19)18-6-3-12-8-17-9-13(12)4-7-18;;/h2,5,10,12-13,17H,3-4,6-9H2,1H3;2*1H/t12-,13+;;. The maximum atomic E-state index is 12.6. The first-order chi connectivity index (χ1) is 9.25. The Balaban J connectivity index is 0.00000110. The van der Waals surface area contributed by atoms with E-state index in [-0.39, 0.29) is 30.7 Å². The third-order valence-corrected chi connectivity index (χ3v) is 4.58. The number of nitrogens with zero attached hydrogens (tertiary/aromatic N) is 2. The maximum Gasteiger partial charge on any atom is 0.255 e. The van der Waals surface area contributed by atoms with Gasteiger partial charge in [0.05, 0.1) is 5.56 Å². The van der Waals surface area contributed by atoms with E-state index in [2.05, 4.69) is 10.3 Å². The number of hydrogen-bond donors (Lipinski definition) is 1. The summed E-state index contributed by atoms with van der Waals surface area (Å²) in [6.45, 7) is 5.99. The largest absolute Gasteiger partial charge is 0.339 e. The molecule has 2 aliphatic heterocycles. The van der Waals surface area contributed by atoms with E-state index in [1.807, 2.05) is 17.9 Å². The van der Waals surface area contributed by atoms with Crippen LogP contribution in [0.2, 0.25) is 0 Å². The Hall–Kier alpha value is -0.840. The van der Waals surface area contributed by atoms with Crippen molar-refractivity contribution in [2.45, 2.75) is 19.8 Å². The molecule has 0 aromatic carbocycles. The molecule has 0 unspecified atom stereocenters. The van der Waals surface area contributed by atoms with Crippen LogP contribution in [0.25, 0.3) is 0 Å². The highest BCUT2D eigenvalue weighted by Gasteiger charge is 2.31.